The molecule has 1 fully saturated rings. The number of carboxylic acids is 1. The van der Waals surface area contributed by atoms with Crippen LogP contribution >= 0.6 is 0 Å². The minimum atomic E-state index is -1.04. The first-order chi connectivity index (χ1) is 18.5. The normalized spacial score (nSPS) is 16.7. The summed E-state index contributed by atoms with van der Waals surface area (Å²) in [5.41, 5.74) is 3.90. The fourth-order valence-electron chi connectivity index (χ4n) is 4.89. The van der Waals surface area contributed by atoms with Crippen LogP contribution in [0.3, 0.4) is 0 Å². The standard InChI is InChI=1S/C31H31NO5/c33-30(34)16-11-22-5-4-8-27(19-22)32(31(35)25-6-2-1-3-7-25)21-23-9-12-24(13-10-23)26-14-15-28-29(20-26)37-18-17-36-28/h4-5,8-16,19-20,25H,1-3,6-7,17-18,21H2,(H,33,34)/b16-11+/i21D. The first kappa shape index (κ1) is 23.3. The Bertz CT molecular complexity index is 1330. The molecular weight excluding hydrogens is 466 g/mol. The SMILES string of the molecule is [2H]C(c1ccc(-c2ccc3c(c2)OCCO3)cc1)N(C(=O)C1CCCCC1)c1cccc(/C=C/C(=O)O)c1. The van der Waals surface area contributed by atoms with Crippen molar-refractivity contribution in [1.82, 2.24) is 0 Å². The van der Waals surface area contributed by atoms with Crippen LogP contribution in [0.15, 0.2) is 72.8 Å². The maximum Gasteiger partial charge on any atom is 0.328 e. The van der Waals surface area contributed by atoms with Crippen LogP contribution in [0, 0.1) is 5.92 Å². The number of aliphatic carboxylic acids is 1. The Balaban J connectivity index is 1.44. The van der Waals surface area contributed by atoms with Gasteiger partial charge in [-0.25, -0.2) is 4.79 Å². The largest absolute Gasteiger partial charge is 0.486 e. The molecule has 3 aromatic rings. The van der Waals surface area contributed by atoms with Gasteiger partial charge in [0.05, 0.1) is 7.89 Å². The van der Waals surface area contributed by atoms with Gasteiger partial charge in [-0.3, -0.25) is 4.79 Å². The number of rotatable bonds is 7. The highest BCUT2D eigenvalue weighted by atomic mass is 16.6. The number of carbonyl (C=O) groups is 2. The molecule has 190 valence electrons. The summed E-state index contributed by atoms with van der Waals surface area (Å²) in [5.74, 6) is 0.242. The second-order valence-corrected chi connectivity index (χ2v) is 9.42. The monoisotopic (exact) mass is 498 g/mol. The minimum absolute atomic E-state index is 0.0556. The summed E-state index contributed by atoms with van der Waals surface area (Å²) in [6.45, 7) is 0.118. The van der Waals surface area contributed by atoms with E-state index >= 15 is 0 Å². The maximum atomic E-state index is 13.8. The Kier molecular flexibility index (Phi) is 7.15. The summed E-state index contributed by atoms with van der Waals surface area (Å²) in [5, 5.41) is 9.02. The molecule has 6 heteroatoms. The third kappa shape index (κ3) is 6.02. The van der Waals surface area contributed by atoms with Crippen LogP contribution < -0.4 is 14.4 Å². The number of amides is 1. The van der Waals surface area contributed by atoms with Crippen LogP contribution in [-0.2, 0) is 16.1 Å². The Hall–Kier alpha value is -4.06. The molecule has 0 spiro atoms. The van der Waals surface area contributed by atoms with Gasteiger partial charge in [0.25, 0.3) is 0 Å². The fraction of sp³-hybridized carbons (Fsp3) is 0.290. The zero-order valence-electron chi connectivity index (χ0n) is 21.6. The lowest BCUT2D eigenvalue weighted by Crippen LogP contribution is -2.36. The van der Waals surface area contributed by atoms with Crippen molar-refractivity contribution in [3.63, 3.8) is 0 Å². The van der Waals surface area contributed by atoms with Crippen molar-refractivity contribution in [3.05, 3.63) is 83.9 Å². The van der Waals surface area contributed by atoms with Crippen molar-refractivity contribution in [2.45, 2.75) is 38.6 Å². The maximum absolute atomic E-state index is 13.8. The van der Waals surface area contributed by atoms with Gasteiger partial charge >= 0.3 is 5.97 Å². The van der Waals surface area contributed by atoms with Gasteiger partial charge in [0.15, 0.2) is 11.5 Å². The van der Waals surface area contributed by atoms with Crippen molar-refractivity contribution in [3.8, 4) is 22.6 Å². The lowest BCUT2D eigenvalue weighted by molar-refractivity contribution is -0.131. The average Bonchev–Trinajstić information content (AvgIpc) is 2.96. The van der Waals surface area contributed by atoms with Gasteiger partial charge < -0.3 is 19.5 Å². The topological polar surface area (TPSA) is 76.1 Å². The third-order valence-electron chi connectivity index (χ3n) is 6.82. The highest BCUT2D eigenvalue weighted by Gasteiger charge is 2.27. The highest BCUT2D eigenvalue weighted by molar-refractivity contribution is 5.95. The lowest BCUT2D eigenvalue weighted by atomic mass is 9.88. The van der Waals surface area contributed by atoms with Gasteiger partial charge in [-0.2, -0.15) is 0 Å². The molecule has 0 radical (unpaired) electrons. The number of nitrogens with zero attached hydrogens (tertiary/aromatic N) is 1. The zero-order chi connectivity index (χ0) is 26.5. The number of fused-ring (bicyclic) bond motifs is 1. The van der Waals surface area contributed by atoms with E-state index in [1.54, 1.807) is 23.1 Å². The molecule has 1 amide bonds. The van der Waals surface area contributed by atoms with E-state index in [0.717, 1.165) is 60.8 Å². The summed E-state index contributed by atoms with van der Waals surface area (Å²) in [7, 11) is 0. The smallest absolute Gasteiger partial charge is 0.328 e. The molecule has 0 aromatic heterocycles. The Morgan fingerprint density at radius 3 is 2.41 bits per heavy atom. The number of ether oxygens (including phenoxy) is 2. The number of carbonyl (C=O) groups excluding carboxylic acids is 1. The molecular formula is C31H31NO5. The third-order valence-corrected chi connectivity index (χ3v) is 6.82. The van der Waals surface area contributed by atoms with Crippen molar-refractivity contribution >= 4 is 23.6 Å². The van der Waals surface area contributed by atoms with E-state index in [2.05, 4.69) is 0 Å². The Morgan fingerprint density at radius 2 is 1.65 bits per heavy atom. The number of hydrogen-bond acceptors (Lipinski definition) is 4. The number of anilines is 1. The van der Waals surface area contributed by atoms with Gasteiger partial charge in [-0.05, 0) is 65.4 Å². The fourth-order valence-corrected chi connectivity index (χ4v) is 4.89. The van der Waals surface area contributed by atoms with Gasteiger partial charge in [-0.15, -0.1) is 0 Å². The first-order valence-electron chi connectivity index (χ1n) is 13.3. The van der Waals surface area contributed by atoms with Crippen molar-refractivity contribution in [2.75, 3.05) is 18.1 Å². The molecule has 3 aromatic carbocycles. The summed E-state index contributed by atoms with van der Waals surface area (Å²) < 4.78 is 20.5. The van der Waals surface area contributed by atoms with Crippen LogP contribution in [-0.4, -0.2) is 30.2 Å². The molecule has 1 aliphatic carbocycles. The zero-order valence-corrected chi connectivity index (χ0v) is 20.6. The Labute approximate surface area is 218 Å². The van der Waals surface area contributed by atoms with Crippen LogP contribution in [0.2, 0.25) is 0 Å². The quantitative estimate of drug-likeness (QED) is 0.385. The van der Waals surface area contributed by atoms with Gasteiger partial charge in [0.1, 0.15) is 13.2 Å². The number of hydrogen-bond donors (Lipinski definition) is 1. The van der Waals surface area contributed by atoms with Crippen LogP contribution in [0.5, 0.6) is 11.5 Å². The minimum Gasteiger partial charge on any atom is -0.486 e. The number of benzene rings is 3. The van der Waals surface area contributed by atoms with Crippen molar-refractivity contribution in [2.24, 2.45) is 5.92 Å². The van der Waals surface area contributed by atoms with E-state index in [1.807, 2.05) is 48.5 Å². The predicted molar refractivity (Wildman–Crippen MR) is 144 cm³/mol. The van der Waals surface area contributed by atoms with Crippen LogP contribution in [0.4, 0.5) is 5.69 Å². The predicted octanol–water partition coefficient (Wildman–Crippen LogP) is 6.34. The van der Waals surface area contributed by atoms with Crippen molar-refractivity contribution < 1.29 is 25.5 Å². The molecule has 1 aliphatic heterocycles. The van der Waals surface area contributed by atoms with Gasteiger partial charge in [0, 0.05) is 17.7 Å². The first-order valence-corrected chi connectivity index (χ1v) is 12.8. The average molecular weight is 499 g/mol. The van der Waals surface area contributed by atoms with E-state index in [-0.39, 0.29) is 11.8 Å². The molecule has 37 heavy (non-hydrogen) atoms. The lowest BCUT2D eigenvalue weighted by Gasteiger charge is -2.30. The molecule has 6 nitrogen and oxygen atoms in total. The van der Waals surface area contributed by atoms with E-state index in [9.17, 15) is 9.59 Å². The molecule has 2 aliphatic rings. The van der Waals surface area contributed by atoms with E-state index in [0.29, 0.717) is 30.0 Å². The summed E-state index contributed by atoms with van der Waals surface area (Å²) in [6, 6.07) is 20.7. The molecule has 0 bridgehead atoms. The Morgan fingerprint density at radius 1 is 0.919 bits per heavy atom. The molecule has 1 heterocycles. The van der Waals surface area contributed by atoms with Gasteiger partial charge in [0.2, 0.25) is 5.91 Å². The summed E-state index contributed by atoms with van der Waals surface area (Å²) in [6.07, 6.45) is 7.37. The highest BCUT2D eigenvalue weighted by Crippen LogP contribution is 2.35. The summed E-state index contributed by atoms with van der Waals surface area (Å²) >= 11 is 0. The molecule has 1 unspecified atom stereocenters. The molecule has 0 saturated heterocycles. The van der Waals surface area contributed by atoms with Crippen LogP contribution in [0.25, 0.3) is 17.2 Å². The second-order valence-electron chi connectivity index (χ2n) is 9.42. The van der Waals surface area contributed by atoms with E-state index < -0.39 is 12.5 Å². The molecule has 1 saturated carbocycles. The molecule has 1 atom stereocenters. The summed E-state index contributed by atoms with van der Waals surface area (Å²) in [4.78, 5) is 26.4. The van der Waals surface area contributed by atoms with E-state index in [4.69, 9.17) is 16.0 Å². The van der Waals surface area contributed by atoms with Gasteiger partial charge in [-0.1, -0.05) is 61.7 Å². The van der Waals surface area contributed by atoms with Crippen LogP contribution in [0.1, 0.15) is 44.6 Å². The second kappa shape index (κ2) is 11.3. The number of carboxylic acid groups (broad SMARTS) is 1. The molecule has 5 rings (SSSR count). The van der Waals surface area contributed by atoms with Crippen molar-refractivity contribution in [1.29, 1.82) is 0 Å². The van der Waals surface area contributed by atoms with E-state index in [1.165, 1.54) is 6.08 Å². The molecule has 1 N–H and O–H groups in total.